The second-order valence-electron chi connectivity index (χ2n) is 4.89. The van der Waals surface area contributed by atoms with Gasteiger partial charge in [-0.05, 0) is 18.6 Å². The second-order valence-corrected chi connectivity index (χ2v) is 6.06. The first kappa shape index (κ1) is 15.7. The number of amides is 1. The van der Waals surface area contributed by atoms with Gasteiger partial charge < -0.3 is 10.7 Å². The van der Waals surface area contributed by atoms with Gasteiger partial charge in [-0.1, -0.05) is 30.0 Å². The van der Waals surface area contributed by atoms with Crippen molar-refractivity contribution >= 4 is 23.4 Å². The van der Waals surface area contributed by atoms with Crippen LogP contribution in [0.4, 0.5) is 18.9 Å². The maximum absolute atomic E-state index is 12.6. The number of alkyl halides is 3. The number of para-hydroxylation sites is 1. The van der Waals surface area contributed by atoms with Gasteiger partial charge in [0.05, 0.1) is 5.25 Å². The number of carbonyl (C=O) groups excluding carboxylic acids is 1. The number of aromatic nitrogens is 3. The minimum atomic E-state index is -4.68. The standard InChI is InChI=1S/C13H12F3N5OS/c14-13(15,16)11-18-19-12(21(11)17)23-9-6-7-20(10(9)22)8-4-2-1-3-5-8/h1-5,9H,6-7,17H2. The summed E-state index contributed by atoms with van der Waals surface area (Å²) in [5.41, 5.74) is 0.755. The lowest BCUT2D eigenvalue weighted by Gasteiger charge is -2.16. The summed E-state index contributed by atoms with van der Waals surface area (Å²) in [6.45, 7) is 0.491. The van der Waals surface area contributed by atoms with E-state index in [4.69, 9.17) is 5.84 Å². The van der Waals surface area contributed by atoms with Crippen molar-refractivity contribution in [3.63, 3.8) is 0 Å². The molecule has 1 fully saturated rings. The zero-order chi connectivity index (χ0) is 16.6. The predicted octanol–water partition coefficient (Wildman–Crippen LogP) is 1.91. The van der Waals surface area contributed by atoms with Gasteiger partial charge in [-0.3, -0.25) is 4.79 Å². The van der Waals surface area contributed by atoms with Crippen molar-refractivity contribution in [2.24, 2.45) is 0 Å². The van der Waals surface area contributed by atoms with Crippen LogP contribution in [0, 0.1) is 0 Å². The van der Waals surface area contributed by atoms with Crippen molar-refractivity contribution < 1.29 is 18.0 Å². The number of benzene rings is 1. The van der Waals surface area contributed by atoms with E-state index in [0.717, 1.165) is 17.4 Å². The van der Waals surface area contributed by atoms with Gasteiger partial charge >= 0.3 is 6.18 Å². The first-order valence-corrected chi connectivity index (χ1v) is 7.56. The Hall–Kier alpha value is -2.23. The van der Waals surface area contributed by atoms with Crippen LogP contribution in [0.25, 0.3) is 0 Å². The number of thioether (sulfide) groups is 1. The van der Waals surface area contributed by atoms with Gasteiger partial charge in [0, 0.05) is 12.2 Å². The number of anilines is 1. The van der Waals surface area contributed by atoms with E-state index in [0.29, 0.717) is 17.6 Å². The molecule has 6 nitrogen and oxygen atoms in total. The third-order valence-corrected chi connectivity index (χ3v) is 4.60. The minimum Gasteiger partial charge on any atom is -0.335 e. The number of hydrogen-bond acceptors (Lipinski definition) is 5. The molecule has 0 bridgehead atoms. The van der Waals surface area contributed by atoms with Crippen LogP contribution in [0.5, 0.6) is 0 Å². The number of hydrogen-bond donors (Lipinski definition) is 1. The Morgan fingerprint density at radius 2 is 1.91 bits per heavy atom. The van der Waals surface area contributed by atoms with Gasteiger partial charge in [0.1, 0.15) is 0 Å². The first-order valence-electron chi connectivity index (χ1n) is 6.68. The van der Waals surface area contributed by atoms with Crippen LogP contribution >= 0.6 is 11.8 Å². The van der Waals surface area contributed by atoms with Gasteiger partial charge in [0.15, 0.2) is 0 Å². The van der Waals surface area contributed by atoms with E-state index in [1.165, 1.54) is 0 Å². The SMILES string of the molecule is Nn1c(SC2CCN(c3ccccc3)C2=O)nnc1C(F)(F)F. The summed E-state index contributed by atoms with van der Waals surface area (Å²) in [5, 5.41) is 5.81. The lowest BCUT2D eigenvalue weighted by molar-refractivity contribution is -0.146. The molecule has 0 radical (unpaired) electrons. The molecule has 23 heavy (non-hydrogen) atoms. The van der Waals surface area contributed by atoms with E-state index in [-0.39, 0.29) is 11.1 Å². The van der Waals surface area contributed by atoms with Gasteiger partial charge in [-0.15, -0.1) is 10.2 Å². The molecule has 1 aromatic carbocycles. The number of carbonyl (C=O) groups is 1. The second kappa shape index (κ2) is 5.76. The lowest BCUT2D eigenvalue weighted by Crippen LogP contribution is -2.28. The molecule has 0 spiro atoms. The molecule has 10 heteroatoms. The summed E-state index contributed by atoms with van der Waals surface area (Å²) >= 11 is 0.894. The molecule has 1 aromatic heterocycles. The smallest absolute Gasteiger partial charge is 0.335 e. The van der Waals surface area contributed by atoms with Crippen LogP contribution in [-0.2, 0) is 11.0 Å². The molecular formula is C13H12F3N5OS. The maximum atomic E-state index is 12.6. The summed E-state index contributed by atoms with van der Waals surface area (Å²) in [6, 6.07) is 9.08. The van der Waals surface area contributed by atoms with Crippen molar-refractivity contribution in [1.82, 2.24) is 14.9 Å². The summed E-state index contributed by atoms with van der Waals surface area (Å²) in [6.07, 6.45) is -4.19. The Labute approximate surface area is 133 Å². The third-order valence-electron chi connectivity index (χ3n) is 3.39. The van der Waals surface area contributed by atoms with Crippen molar-refractivity contribution in [2.75, 3.05) is 17.3 Å². The van der Waals surface area contributed by atoms with E-state index >= 15 is 0 Å². The molecule has 3 rings (SSSR count). The zero-order valence-corrected chi connectivity index (χ0v) is 12.5. The van der Waals surface area contributed by atoms with Crippen molar-refractivity contribution in [3.05, 3.63) is 36.2 Å². The molecule has 1 amide bonds. The van der Waals surface area contributed by atoms with Crippen LogP contribution in [0.15, 0.2) is 35.5 Å². The molecular weight excluding hydrogens is 331 g/mol. The average Bonchev–Trinajstić information content (AvgIpc) is 3.05. The Kier molecular flexibility index (Phi) is 3.92. The van der Waals surface area contributed by atoms with E-state index in [2.05, 4.69) is 10.2 Å². The molecule has 122 valence electrons. The first-order chi connectivity index (χ1) is 10.9. The highest BCUT2D eigenvalue weighted by atomic mass is 32.2. The summed E-state index contributed by atoms with van der Waals surface area (Å²) < 4.78 is 38.3. The van der Waals surface area contributed by atoms with E-state index < -0.39 is 17.3 Å². The van der Waals surface area contributed by atoms with Gasteiger partial charge in [0.2, 0.25) is 11.1 Å². The number of rotatable bonds is 3. The molecule has 2 N–H and O–H groups in total. The molecule has 1 unspecified atom stereocenters. The highest BCUT2D eigenvalue weighted by Crippen LogP contribution is 2.34. The molecule has 0 aliphatic carbocycles. The van der Waals surface area contributed by atoms with Crippen LogP contribution in [-0.4, -0.2) is 32.6 Å². The van der Waals surface area contributed by atoms with Crippen LogP contribution in [0.2, 0.25) is 0 Å². The quantitative estimate of drug-likeness (QED) is 0.862. The topological polar surface area (TPSA) is 77.0 Å². The van der Waals surface area contributed by atoms with E-state index in [1.807, 2.05) is 18.2 Å². The van der Waals surface area contributed by atoms with Crippen molar-refractivity contribution in [1.29, 1.82) is 0 Å². The molecule has 1 atom stereocenters. The Morgan fingerprint density at radius 1 is 1.22 bits per heavy atom. The predicted molar refractivity (Wildman–Crippen MR) is 78.2 cm³/mol. The van der Waals surface area contributed by atoms with Crippen LogP contribution in [0.3, 0.4) is 0 Å². The largest absolute Gasteiger partial charge is 0.453 e. The summed E-state index contributed by atoms with van der Waals surface area (Å²) in [5.74, 6) is 3.92. The zero-order valence-electron chi connectivity index (χ0n) is 11.7. The molecule has 1 aliphatic heterocycles. The van der Waals surface area contributed by atoms with E-state index in [9.17, 15) is 18.0 Å². The maximum Gasteiger partial charge on any atom is 0.453 e. The van der Waals surface area contributed by atoms with Crippen LogP contribution < -0.4 is 10.7 Å². The van der Waals surface area contributed by atoms with Gasteiger partial charge in [-0.2, -0.15) is 13.2 Å². The molecule has 2 heterocycles. The summed E-state index contributed by atoms with van der Waals surface area (Å²) in [4.78, 5) is 14.0. The number of nitrogen functional groups attached to an aromatic ring is 1. The minimum absolute atomic E-state index is 0.134. The highest BCUT2D eigenvalue weighted by molar-refractivity contribution is 8.00. The normalized spacial score (nSPS) is 18.7. The van der Waals surface area contributed by atoms with Crippen LogP contribution in [0.1, 0.15) is 12.2 Å². The van der Waals surface area contributed by atoms with Gasteiger partial charge in [-0.25, -0.2) is 4.68 Å². The highest BCUT2D eigenvalue weighted by Gasteiger charge is 2.40. The van der Waals surface area contributed by atoms with Crippen molar-refractivity contribution in [2.45, 2.75) is 23.0 Å². The Morgan fingerprint density at radius 3 is 2.52 bits per heavy atom. The fraction of sp³-hybridized carbons (Fsp3) is 0.308. The Bertz CT molecular complexity index is 718. The molecule has 1 aliphatic rings. The third kappa shape index (κ3) is 2.98. The van der Waals surface area contributed by atoms with Gasteiger partial charge in [0.25, 0.3) is 5.82 Å². The molecule has 1 saturated heterocycles. The van der Waals surface area contributed by atoms with E-state index in [1.54, 1.807) is 17.0 Å². The Balaban J connectivity index is 1.75. The number of halogens is 3. The fourth-order valence-corrected chi connectivity index (χ4v) is 3.30. The number of nitrogens with two attached hydrogens (primary N) is 1. The number of nitrogens with zero attached hydrogens (tertiary/aromatic N) is 4. The average molecular weight is 343 g/mol. The summed E-state index contributed by atoms with van der Waals surface area (Å²) in [7, 11) is 0. The monoisotopic (exact) mass is 343 g/mol. The lowest BCUT2D eigenvalue weighted by atomic mass is 10.3. The molecule has 2 aromatic rings. The molecule has 0 saturated carbocycles. The van der Waals surface area contributed by atoms with Crippen molar-refractivity contribution in [3.8, 4) is 0 Å². The fourth-order valence-electron chi connectivity index (χ4n) is 2.31.